The van der Waals surface area contributed by atoms with E-state index in [1.807, 2.05) is 29.2 Å². The fraction of sp³-hybridized carbons (Fsp3) is 0.235. The first-order valence-electron chi connectivity index (χ1n) is 7.21. The number of carbonyl (C=O) groups excluding carboxylic acids is 1. The molecule has 2 aromatic rings. The molecule has 114 valence electrons. The third-order valence-corrected chi connectivity index (χ3v) is 3.78. The number of hydrogen-bond donors (Lipinski definition) is 2. The Kier molecular flexibility index (Phi) is 4.06. The van der Waals surface area contributed by atoms with Crippen LogP contribution in [0.15, 0.2) is 48.5 Å². The highest BCUT2D eigenvalue weighted by Gasteiger charge is 2.21. The summed E-state index contributed by atoms with van der Waals surface area (Å²) < 4.78 is 13.0. The summed E-state index contributed by atoms with van der Waals surface area (Å²) in [5.74, 6) is -0.364. The van der Waals surface area contributed by atoms with Gasteiger partial charge in [-0.3, -0.25) is 4.79 Å². The molecule has 4 nitrogen and oxygen atoms in total. The first kappa shape index (κ1) is 14.5. The molecule has 3 rings (SSSR count). The zero-order valence-electron chi connectivity index (χ0n) is 12.0. The molecule has 5 heteroatoms. The predicted molar refractivity (Wildman–Crippen MR) is 83.3 cm³/mol. The molecule has 0 aromatic heterocycles. The number of rotatable bonds is 3. The molecule has 0 bridgehead atoms. The molecule has 1 amide bonds. The third kappa shape index (κ3) is 3.09. The van der Waals surface area contributed by atoms with Gasteiger partial charge in [-0.1, -0.05) is 24.3 Å². The van der Waals surface area contributed by atoms with Gasteiger partial charge in [0.25, 0.3) is 0 Å². The number of nitrogens with one attached hydrogen (secondary N) is 1. The second kappa shape index (κ2) is 6.15. The van der Waals surface area contributed by atoms with Gasteiger partial charge in [0, 0.05) is 19.5 Å². The van der Waals surface area contributed by atoms with E-state index in [2.05, 4.69) is 5.32 Å². The van der Waals surface area contributed by atoms with E-state index < -0.39 is 6.10 Å². The van der Waals surface area contributed by atoms with Gasteiger partial charge in [0.2, 0.25) is 5.91 Å². The summed E-state index contributed by atoms with van der Waals surface area (Å²) in [6, 6.07) is 13.3. The molecule has 2 aromatic carbocycles. The summed E-state index contributed by atoms with van der Waals surface area (Å²) in [5, 5.41) is 13.2. The van der Waals surface area contributed by atoms with Crippen molar-refractivity contribution in [3.8, 4) is 0 Å². The summed E-state index contributed by atoms with van der Waals surface area (Å²) in [7, 11) is 0. The lowest BCUT2D eigenvalue weighted by Crippen LogP contribution is -2.29. The van der Waals surface area contributed by atoms with Gasteiger partial charge >= 0.3 is 0 Å². The first-order valence-corrected chi connectivity index (χ1v) is 7.21. The Morgan fingerprint density at radius 3 is 2.68 bits per heavy atom. The number of halogens is 1. The van der Waals surface area contributed by atoms with Gasteiger partial charge in [-0.25, -0.2) is 4.39 Å². The van der Waals surface area contributed by atoms with E-state index in [9.17, 15) is 14.3 Å². The molecular formula is C17H17FN2O2. The minimum atomic E-state index is -0.748. The van der Waals surface area contributed by atoms with E-state index in [0.29, 0.717) is 25.1 Å². The lowest BCUT2D eigenvalue weighted by molar-refractivity contribution is -0.116. The number of nitrogens with zero attached hydrogens (tertiary/aromatic N) is 1. The van der Waals surface area contributed by atoms with Crippen molar-refractivity contribution in [2.45, 2.75) is 12.5 Å². The molecule has 22 heavy (non-hydrogen) atoms. The van der Waals surface area contributed by atoms with Crippen LogP contribution in [0.5, 0.6) is 0 Å². The molecule has 1 atom stereocenters. The third-order valence-electron chi connectivity index (χ3n) is 3.78. The minimum absolute atomic E-state index is 0.0359. The number of carbonyl (C=O) groups is 1. The summed E-state index contributed by atoms with van der Waals surface area (Å²) in [4.78, 5) is 13.7. The van der Waals surface area contributed by atoms with Crippen molar-refractivity contribution >= 4 is 17.3 Å². The average molecular weight is 300 g/mol. The topological polar surface area (TPSA) is 52.6 Å². The molecule has 0 aliphatic carbocycles. The van der Waals surface area contributed by atoms with Crippen molar-refractivity contribution in [2.75, 3.05) is 23.3 Å². The summed E-state index contributed by atoms with van der Waals surface area (Å²) in [6.07, 6.45) is -0.382. The summed E-state index contributed by atoms with van der Waals surface area (Å²) in [6.45, 7) is 0.874. The fourth-order valence-electron chi connectivity index (χ4n) is 2.61. The van der Waals surface area contributed by atoms with Crippen LogP contribution in [0.4, 0.5) is 15.8 Å². The second-order valence-corrected chi connectivity index (χ2v) is 5.33. The Hall–Kier alpha value is -2.40. The molecule has 0 saturated heterocycles. The molecule has 0 radical (unpaired) electrons. The highest BCUT2D eigenvalue weighted by Crippen LogP contribution is 2.30. The van der Waals surface area contributed by atoms with E-state index in [1.54, 1.807) is 12.1 Å². The predicted octanol–water partition coefficient (Wildman–Crippen LogP) is 2.71. The van der Waals surface area contributed by atoms with Crippen molar-refractivity contribution < 1.29 is 14.3 Å². The Morgan fingerprint density at radius 1 is 1.18 bits per heavy atom. The van der Waals surface area contributed by atoms with Crippen LogP contribution in [-0.4, -0.2) is 24.1 Å². The lowest BCUT2D eigenvalue weighted by Gasteiger charge is -2.26. The zero-order chi connectivity index (χ0) is 15.5. The number of fused-ring (bicyclic) bond motifs is 1. The smallest absolute Gasteiger partial charge is 0.226 e. The van der Waals surface area contributed by atoms with Crippen LogP contribution in [0.3, 0.4) is 0 Å². The number of aliphatic hydroxyl groups is 1. The van der Waals surface area contributed by atoms with E-state index in [-0.39, 0.29) is 11.7 Å². The van der Waals surface area contributed by atoms with Crippen molar-refractivity contribution in [1.29, 1.82) is 0 Å². The number of hydrogen-bond acceptors (Lipinski definition) is 3. The molecule has 2 N–H and O–H groups in total. The Morgan fingerprint density at radius 2 is 1.91 bits per heavy atom. The van der Waals surface area contributed by atoms with Crippen LogP contribution < -0.4 is 10.2 Å². The van der Waals surface area contributed by atoms with E-state index in [1.165, 1.54) is 12.1 Å². The lowest BCUT2D eigenvalue weighted by atomic mass is 10.1. The van der Waals surface area contributed by atoms with Crippen molar-refractivity contribution in [3.63, 3.8) is 0 Å². The SMILES string of the molecule is O=C1CCN(CC(O)c2ccc(F)cc2)c2ccccc2N1. The van der Waals surface area contributed by atoms with Crippen molar-refractivity contribution in [2.24, 2.45) is 0 Å². The molecule has 1 aliphatic heterocycles. The zero-order valence-corrected chi connectivity index (χ0v) is 12.0. The van der Waals surface area contributed by atoms with E-state index >= 15 is 0 Å². The number of aliphatic hydroxyl groups excluding tert-OH is 1. The van der Waals surface area contributed by atoms with Crippen LogP contribution in [0.2, 0.25) is 0 Å². The van der Waals surface area contributed by atoms with Gasteiger partial charge in [0.05, 0.1) is 17.5 Å². The van der Waals surface area contributed by atoms with Gasteiger partial charge in [0.1, 0.15) is 5.82 Å². The van der Waals surface area contributed by atoms with Gasteiger partial charge in [0.15, 0.2) is 0 Å². The summed E-state index contributed by atoms with van der Waals surface area (Å²) in [5.41, 5.74) is 2.29. The molecule has 0 fully saturated rings. The average Bonchev–Trinajstić information content (AvgIpc) is 2.67. The molecular weight excluding hydrogens is 283 g/mol. The second-order valence-electron chi connectivity index (χ2n) is 5.33. The van der Waals surface area contributed by atoms with Gasteiger partial charge in [-0.15, -0.1) is 0 Å². The van der Waals surface area contributed by atoms with Crippen LogP contribution >= 0.6 is 0 Å². The molecule has 0 saturated carbocycles. The first-order chi connectivity index (χ1) is 10.6. The number of para-hydroxylation sites is 2. The molecule has 1 heterocycles. The maximum atomic E-state index is 13.0. The monoisotopic (exact) mass is 300 g/mol. The molecule has 1 unspecified atom stereocenters. The van der Waals surface area contributed by atoms with Gasteiger partial charge < -0.3 is 15.3 Å². The highest BCUT2D eigenvalue weighted by atomic mass is 19.1. The van der Waals surface area contributed by atoms with E-state index in [4.69, 9.17) is 0 Å². The van der Waals surface area contributed by atoms with Crippen molar-refractivity contribution in [1.82, 2.24) is 0 Å². The maximum absolute atomic E-state index is 13.0. The van der Waals surface area contributed by atoms with Crippen LogP contribution in [-0.2, 0) is 4.79 Å². The largest absolute Gasteiger partial charge is 0.387 e. The molecule has 0 spiro atoms. The standard InChI is InChI=1S/C17H17FN2O2/c18-13-7-5-12(6-8-13)16(21)11-20-10-9-17(22)19-14-3-1-2-4-15(14)20/h1-8,16,21H,9-11H2,(H,19,22). The summed E-state index contributed by atoms with van der Waals surface area (Å²) >= 11 is 0. The number of benzene rings is 2. The van der Waals surface area contributed by atoms with Gasteiger partial charge in [-0.2, -0.15) is 0 Å². The van der Waals surface area contributed by atoms with Crippen molar-refractivity contribution in [3.05, 3.63) is 59.9 Å². The maximum Gasteiger partial charge on any atom is 0.226 e. The number of anilines is 2. The van der Waals surface area contributed by atoms with Crippen LogP contribution in [0.25, 0.3) is 0 Å². The highest BCUT2D eigenvalue weighted by molar-refractivity contribution is 5.96. The number of amides is 1. The fourth-order valence-corrected chi connectivity index (χ4v) is 2.61. The molecule has 1 aliphatic rings. The Labute approximate surface area is 128 Å². The minimum Gasteiger partial charge on any atom is -0.387 e. The number of β-amino-alcohol motifs (C(OH)–C–C–N with tert-alkyl or cyclic N) is 1. The van der Waals surface area contributed by atoms with E-state index in [0.717, 1.165) is 11.4 Å². The van der Waals surface area contributed by atoms with Gasteiger partial charge in [-0.05, 0) is 29.8 Å². The quantitative estimate of drug-likeness (QED) is 0.916. The van der Waals surface area contributed by atoms with Crippen LogP contribution in [0.1, 0.15) is 18.1 Å². The Balaban J connectivity index is 1.82. The Bertz CT molecular complexity index is 673. The van der Waals surface area contributed by atoms with Crippen LogP contribution in [0, 0.1) is 5.82 Å². The normalized spacial score (nSPS) is 15.7.